The Labute approximate surface area is 133 Å². The first-order valence-corrected chi connectivity index (χ1v) is 7.26. The van der Waals surface area contributed by atoms with E-state index in [1.165, 1.54) is 0 Å². The van der Waals surface area contributed by atoms with Crippen molar-refractivity contribution in [2.24, 2.45) is 0 Å². The zero-order chi connectivity index (χ0) is 14.5. The molecule has 1 aromatic carbocycles. The van der Waals surface area contributed by atoms with Gasteiger partial charge in [-0.2, -0.15) is 0 Å². The maximum atomic E-state index is 12.7. The highest BCUT2D eigenvalue weighted by Crippen LogP contribution is 2.26. The molecule has 0 aliphatic carbocycles. The summed E-state index contributed by atoms with van der Waals surface area (Å²) in [6.07, 6.45) is 2.19. The quantitative estimate of drug-likeness (QED) is 0.908. The van der Waals surface area contributed by atoms with E-state index < -0.39 is 0 Å². The SMILES string of the molecule is CNCC1CCCN1C(=O)C(C)c1cccc(OC)c1.Cl. The van der Waals surface area contributed by atoms with Gasteiger partial charge in [-0.15, -0.1) is 12.4 Å². The van der Waals surface area contributed by atoms with Crippen LogP contribution in [-0.4, -0.2) is 44.1 Å². The van der Waals surface area contributed by atoms with Gasteiger partial charge in [0.1, 0.15) is 5.75 Å². The minimum Gasteiger partial charge on any atom is -0.497 e. The lowest BCUT2D eigenvalue weighted by Crippen LogP contribution is -2.42. The van der Waals surface area contributed by atoms with Gasteiger partial charge in [-0.3, -0.25) is 4.79 Å². The number of hydrogen-bond donors (Lipinski definition) is 1. The Balaban J connectivity index is 0.00000220. The van der Waals surface area contributed by atoms with E-state index in [0.717, 1.165) is 37.2 Å². The summed E-state index contributed by atoms with van der Waals surface area (Å²) in [5.41, 5.74) is 1.02. The molecule has 2 atom stereocenters. The Morgan fingerprint density at radius 2 is 2.29 bits per heavy atom. The number of likely N-dealkylation sites (N-methyl/N-ethyl adjacent to an activating group) is 1. The summed E-state index contributed by atoms with van der Waals surface area (Å²) in [5.74, 6) is 0.897. The summed E-state index contributed by atoms with van der Waals surface area (Å²) in [6, 6.07) is 8.12. The van der Waals surface area contributed by atoms with Crippen molar-refractivity contribution in [2.75, 3.05) is 27.2 Å². The van der Waals surface area contributed by atoms with E-state index in [4.69, 9.17) is 4.74 Å². The maximum Gasteiger partial charge on any atom is 0.230 e. The number of ether oxygens (including phenoxy) is 1. The van der Waals surface area contributed by atoms with Gasteiger partial charge in [0.25, 0.3) is 0 Å². The average Bonchev–Trinajstić information content (AvgIpc) is 2.94. The zero-order valence-corrected chi connectivity index (χ0v) is 13.8. The molecule has 21 heavy (non-hydrogen) atoms. The van der Waals surface area contributed by atoms with E-state index in [2.05, 4.69) is 5.32 Å². The number of carbonyl (C=O) groups excluding carboxylic acids is 1. The fraction of sp³-hybridized carbons (Fsp3) is 0.562. The lowest BCUT2D eigenvalue weighted by atomic mass is 9.99. The first-order valence-electron chi connectivity index (χ1n) is 7.26. The molecule has 2 rings (SSSR count). The van der Waals surface area contributed by atoms with Crippen LogP contribution in [0.15, 0.2) is 24.3 Å². The number of carbonyl (C=O) groups is 1. The fourth-order valence-electron chi connectivity index (χ4n) is 2.88. The van der Waals surface area contributed by atoms with Crippen LogP contribution in [0, 0.1) is 0 Å². The Bertz CT molecular complexity index is 467. The summed E-state index contributed by atoms with van der Waals surface area (Å²) in [7, 11) is 3.58. The molecule has 1 N–H and O–H groups in total. The standard InChI is InChI=1S/C16H24N2O2.ClH/c1-12(13-6-4-8-15(10-13)20-3)16(19)18-9-5-7-14(18)11-17-2;/h4,6,8,10,12,14,17H,5,7,9,11H2,1-3H3;1H. The lowest BCUT2D eigenvalue weighted by molar-refractivity contribution is -0.133. The number of halogens is 1. The summed E-state index contributed by atoms with van der Waals surface area (Å²) in [5, 5.41) is 3.18. The van der Waals surface area contributed by atoms with Gasteiger partial charge in [-0.05, 0) is 44.5 Å². The van der Waals surface area contributed by atoms with Gasteiger partial charge < -0.3 is 15.0 Å². The van der Waals surface area contributed by atoms with Crippen molar-refractivity contribution in [1.82, 2.24) is 10.2 Å². The molecule has 0 aromatic heterocycles. The molecule has 5 heteroatoms. The second-order valence-electron chi connectivity index (χ2n) is 5.38. The van der Waals surface area contributed by atoms with Crippen molar-refractivity contribution in [1.29, 1.82) is 0 Å². The predicted molar refractivity (Wildman–Crippen MR) is 87.3 cm³/mol. The number of nitrogens with zero attached hydrogens (tertiary/aromatic N) is 1. The summed E-state index contributed by atoms with van der Waals surface area (Å²) >= 11 is 0. The van der Waals surface area contributed by atoms with Crippen molar-refractivity contribution < 1.29 is 9.53 Å². The molecule has 118 valence electrons. The van der Waals surface area contributed by atoms with Crippen molar-refractivity contribution in [2.45, 2.75) is 31.7 Å². The molecule has 0 spiro atoms. The molecule has 1 aliphatic heterocycles. The van der Waals surface area contributed by atoms with Gasteiger partial charge in [-0.25, -0.2) is 0 Å². The van der Waals surface area contributed by atoms with E-state index in [1.54, 1.807) is 7.11 Å². The number of likely N-dealkylation sites (tertiary alicyclic amines) is 1. The van der Waals surface area contributed by atoms with E-state index in [-0.39, 0.29) is 24.2 Å². The fourth-order valence-corrected chi connectivity index (χ4v) is 2.88. The van der Waals surface area contributed by atoms with Crippen molar-refractivity contribution in [3.8, 4) is 5.75 Å². The Morgan fingerprint density at radius 3 is 2.95 bits per heavy atom. The van der Waals surface area contributed by atoms with Crippen LogP contribution in [0.2, 0.25) is 0 Å². The molecule has 1 aliphatic rings. The highest BCUT2D eigenvalue weighted by molar-refractivity contribution is 5.85. The third-order valence-corrected chi connectivity index (χ3v) is 4.06. The largest absolute Gasteiger partial charge is 0.497 e. The molecule has 1 heterocycles. The van der Waals surface area contributed by atoms with E-state index in [9.17, 15) is 4.79 Å². The third kappa shape index (κ3) is 4.11. The minimum absolute atomic E-state index is 0. The first-order chi connectivity index (χ1) is 9.67. The molecule has 0 bridgehead atoms. The van der Waals surface area contributed by atoms with Gasteiger partial charge in [0.05, 0.1) is 13.0 Å². The molecule has 1 saturated heterocycles. The maximum absolute atomic E-state index is 12.7. The highest BCUT2D eigenvalue weighted by Gasteiger charge is 2.31. The average molecular weight is 313 g/mol. The summed E-state index contributed by atoms with van der Waals surface area (Å²) in [4.78, 5) is 14.7. The molecule has 2 unspecified atom stereocenters. The zero-order valence-electron chi connectivity index (χ0n) is 13.0. The molecule has 1 amide bonds. The normalized spacial score (nSPS) is 19.0. The van der Waals surface area contributed by atoms with Crippen molar-refractivity contribution in [3.63, 3.8) is 0 Å². The van der Waals surface area contributed by atoms with E-state index in [0.29, 0.717) is 6.04 Å². The van der Waals surface area contributed by atoms with Crippen molar-refractivity contribution in [3.05, 3.63) is 29.8 Å². The van der Waals surface area contributed by atoms with Gasteiger partial charge in [0, 0.05) is 19.1 Å². The molecular formula is C16H25ClN2O2. The smallest absolute Gasteiger partial charge is 0.230 e. The van der Waals surface area contributed by atoms with Crippen molar-refractivity contribution >= 4 is 18.3 Å². The molecule has 0 saturated carbocycles. The third-order valence-electron chi connectivity index (χ3n) is 4.06. The van der Waals surface area contributed by atoms with Gasteiger partial charge in [0.15, 0.2) is 0 Å². The van der Waals surface area contributed by atoms with Gasteiger partial charge in [0.2, 0.25) is 5.91 Å². The van der Waals surface area contributed by atoms with Crippen LogP contribution in [0.25, 0.3) is 0 Å². The number of benzene rings is 1. The molecular weight excluding hydrogens is 288 g/mol. The summed E-state index contributed by atoms with van der Waals surface area (Å²) in [6.45, 7) is 3.72. The molecule has 1 fully saturated rings. The van der Waals surface area contributed by atoms with Crippen LogP contribution >= 0.6 is 12.4 Å². The second kappa shape index (κ2) is 8.25. The van der Waals surface area contributed by atoms with Crippen LogP contribution in [0.1, 0.15) is 31.2 Å². The Kier molecular flexibility index (Phi) is 6.99. The predicted octanol–water partition coefficient (Wildman–Crippen LogP) is 2.43. The number of rotatable bonds is 5. The van der Waals surface area contributed by atoms with Crippen LogP contribution < -0.4 is 10.1 Å². The van der Waals surface area contributed by atoms with Crippen LogP contribution in [0.5, 0.6) is 5.75 Å². The molecule has 1 aromatic rings. The lowest BCUT2D eigenvalue weighted by Gasteiger charge is -2.27. The number of methoxy groups -OCH3 is 1. The van der Waals surface area contributed by atoms with Crippen LogP contribution in [0.3, 0.4) is 0 Å². The molecule has 4 nitrogen and oxygen atoms in total. The second-order valence-corrected chi connectivity index (χ2v) is 5.38. The van der Waals surface area contributed by atoms with Gasteiger partial charge in [-0.1, -0.05) is 12.1 Å². The Morgan fingerprint density at radius 1 is 1.52 bits per heavy atom. The van der Waals surface area contributed by atoms with Gasteiger partial charge >= 0.3 is 0 Å². The van der Waals surface area contributed by atoms with E-state index >= 15 is 0 Å². The first kappa shape index (κ1) is 17.8. The summed E-state index contributed by atoms with van der Waals surface area (Å²) < 4.78 is 5.24. The monoisotopic (exact) mass is 312 g/mol. The van der Waals surface area contributed by atoms with Crippen LogP contribution in [-0.2, 0) is 4.79 Å². The number of amides is 1. The van der Waals surface area contributed by atoms with Crippen LogP contribution in [0.4, 0.5) is 0 Å². The number of hydrogen-bond acceptors (Lipinski definition) is 3. The Hall–Kier alpha value is -1.26. The molecule has 0 radical (unpaired) electrons. The number of nitrogens with one attached hydrogen (secondary N) is 1. The topological polar surface area (TPSA) is 41.6 Å². The minimum atomic E-state index is -0.123. The highest BCUT2D eigenvalue weighted by atomic mass is 35.5. The van der Waals surface area contributed by atoms with E-state index in [1.807, 2.05) is 43.1 Å².